The zero-order valence-electron chi connectivity index (χ0n) is 14.9. The Morgan fingerprint density at radius 3 is 2.71 bits per heavy atom. The molecule has 1 unspecified atom stereocenters. The molecule has 2 aromatic heterocycles. The molecule has 7 heteroatoms. The second-order valence-electron chi connectivity index (χ2n) is 6.18. The Balaban J connectivity index is 1.92. The van der Waals surface area contributed by atoms with Gasteiger partial charge in [0.25, 0.3) is 5.78 Å². The Kier molecular flexibility index (Phi) is 6.25. The summed E-state index contributed by atoms with van der Waals surface area (Å²) in [6.07, 6.45) is 3.77. The largest absolute Gasteiger partial charge is 0.391 e. The van der Waals surface area contributed by atoms with E-state index in [1.54, 1.807) is 4.52 Å². The van der Waals surface area contributed by atoms with Crippen LogP contribution in [0.2, 0.25) is 0 Å². The number of aliphatic hydroxyl groups excluding tert-OH is 1. The highest BCUT2D eigenvalue weighted by atomic mass is 16.3. The Bertz CT molecular complexity index is 694. The number of nitrogens with one attached hydrogen (secondary N) is 1. The predicted molar refractivity (Wildman–Crippen MR) is 91.7 cm³/mol. The van der Waals surface area contributed by atoms with Gasteiger partial charge in [-0.1, -0.05) is 26.7 Å². The molecule has 1 amide bonds. The van der Waals surface area contributed by atoms with Gasteiger partial charge in [-0.2, -0.15) is 10.1 Å². The summed E-state index contributed by atoms with van der Waals surface area (Å²) in [4.78, 5) is 20.6. The van der Waals surface area contributed by atoms with Gasteiger partial charge in [0.1, 0.15) is 6.33 Å². The van der Waals surface area contributed by atoms with E-state index in [4.69, 9.17) is 0 Å². The molecule has 0 fully saturated rings. The van der Waals surface area contributed by atoms with E-state index >= 15 is 0 Å². The molecule has 0 aliphatic rings. The number of amides is 1. The first-order valence-electron chi connectivity index (χ1n) is 8.58. The number of rotatable bonds is 8. The Morgan fingerprint density at radius 2 is 2.04 bits per heavy atom. The average Bonchev–Trinajstić information content (AvgIpc) is 3.02. The summed E-state index contributed by atoms with van der Waals surface area (Å²) in [5.41, 5.74) is 2.85. The number of nitrogens with zero attached hydrogens (tertiary/aromatic N) is 4. The van der Waals surface area contributed by atoms with Crippen LogP contribution in [0.15, 0.2) is 6.33 Å². The lowest BCUT2D eigenvalue weighted by atomic mass is 9.96. The van der Waals surface area contributed by atoms with Crippen LogP contribution in [0.5, 0.6) is 0 Å². The average molecular weight is 333 g/mol. The molecule has 0 aliphatic carbocycles. The van der Waals surface area contributed by atoms with Crippen LogP contribution in [0.4, 0.5) is 0 Å². The Labute approximate surface area is 142 Å². The van der Waals surface area contributed by atoms with Crippen molar-refractivity contribution in [1.82, 2.24) is 24.9 Å². The van der Waals surface area contributed by atoms with Crippen molar-refractivity contribution >= 4 is 11.7 Å². The van der Waals surface area contributed by atoms with Crippen molar-refractivity contribution in [2.75, 3.05) is 6.54 Å². The maximum atomic E-state index is 12.1. The molecular weight excluding hydrogens is 306 g/mol. The SMILES string of the molecule is CCC(CC)C(O)CNC(=O)CCc1c(C)nc2ncnn2c1C. The molecule has 0 radical (unpaired) electrons. The number of aliphatic hydroxyl groups is 1. The van der Waals surface area contributed by atoms with Crippen LogP contribution in [0, 0.1) is 19.8 Å². The van der Waals surface area contributed by atoms with Crippen LogP contribution in [0.3, 0.4) is 0 Å². The summed E-state index contributed by atoms with van der Waals surface area (Å²) >= 11 is 0. The molecule has 0 aliphatic heterocycles. The molecule has 0 aromatic carbocycles. The molecule has 2 heterocycles. The fourth-order valence-electron chi connectivity index (χ4n) is 3.06. The highest BCUT2D eigenvalue weighted by molar-refractivity contribution is 5.76. The van der Waals surface area contributed by atoms with Gasteiger partial charge in [0.2, 0.25) is 5.91 Å². The van der Waals surface area contributed by atoms with Gasteiger partial charge in [0.05, 0.1) is 6.10 Å². The minimum Gasteiger partial charge on any atom is -0.391 e. The summed E-state index contributed by atoms with van der Waals surface area (Å²) in [5.74, 6) is 0.748. The van der Waals surface area contributed by atoms with E-state index in [1.165, 1.54) is 6.33 Å². The highest BCUT2D eigenvalue weighted by Crippen LogP contribution is 2.15. The van der Waals surface area contributed by atoms with Crippen molar-refractivity contribution in [2.24, 2.45) is 5.92 Å². The smallest absolute Gasteiger partial charge is 0.252 e. The maximum Gasteiger partial charge on any atom is 0.252 e. The normalized spacial score (nSPS) is 12.8. The van der Waals surface area contributed by atoms with Crippen LogP contribution in [-0.2, 0) is 11.2 Å². The van der Waals surface area contributed by atoms with Gasteiger partial charge < -0.3 is 10.4 Å². The molecule has 1 atom stereocenters. The molecule has 2 N–H and O–H groups in total. The van der Waals surface area contributed by atoms with Crippen molar-refractivity contribution in [1.29, 1.82) is 0 Å². The van der Waals surface area contributed by atoms with E-state index < -0.39 is 6.10 Å². The first-order chi connectivity index (χ1) is 11.5. The zero-order valence-corrected chi connectivity index (χ0v) is 14.9. The third-order valence-electron chi connectivity index (χ3n) is 4.69. The molecule has 24 heavy (non-hydrogen) atoms. The van der Waals surface area contributed by atoms with Crippen molar-refractivity contribution in [3.8, 4) is 0 Å². The Morgan fingerprint density at radius 1 is 1.33 bits per heavy atom. The number of aryl methyl sites for hydroxylation is 2. The number of fused-ring (bicyclic) bond motifs is 1. The number of hydrogen-bond donors (Lipinski definition) is 2. The molecular formula is C17H27N5O2. The van der Waals surface area contributed by atoms with Crippen LogP contribution in [0.25, 0.3) is 5.78 Å². The monoisotopic (exact) mass is 333 g/mol. The molecule has 7 nitrogen and oxygen atoms in total. The summed E-state index contributed by atoms with van der Waals surface area (Å²) in [6, 6.07) is 0. The minimum atomic E-state index is -0.486. The van der Waals surface area contributed by atoms with E-state index in [2.05, 4.69) is 34.2 Å². The zero-order chi connectivity index (χ0) is 17.7. The van der Waals surface area contributed by atoms with Gasteiger partial charge in [-0.3, -0.25) is 4.79 Å². The van der Waals surface area contributed by atoms with Gasteiger partial charge in [0, 0.05) is 24.4 Å². The van der Waals surface area contributed by atoms with Crippen LogP contribution in [-0.4, -0.2) is 43.2 Å². The summed E-state index contributed by atoms with van der Waals surface area (Å²) < 4.78 is 1.69. The highest BCUT2D eigenvalue weighted by Gasteiger charge is 2.17. The van der Waals surface area contributed by atoms with Gasteiger partial charge in [-0.05, 0) is 31.7 Å². The fourth-order valence-corrected chi connectivity index (χ4v) is 3.06. The van der Waals surface area contributed by atoms with Crippen LogP contribution >= 0.6 is 0 Å². The van der Waals surface area contributed by atoms with Gasteiger partial charge >= 0.3 is 0 Å². The molecule has 0 spiro atoms. The van der Waals surface area contributed by atoms with Crippen molar-refractivity contribution in [3.05, 3.63) is 23.3 Å². The lowest BCUT2D eigenvalue weighted by molar-refractivity contribution is -0.121. The fraction of sp³-hybridized carbons (Fsp3) is 0.647. The third-order valence-corrected chi connectivity index (χ3v) is 4.69. The van der Waals surface area contributed by atoms with Gasteiger partial charge in [-0.25, -0.2) is 9.50 Å². The van der Waals surface area contributed by atoms with Crippen LogP contribution < -0.4 is 5.32 Å². The molecule has 0 saturated heterocycles. The summed E-state index contributed by atoms with van der Waals surface area (Å²) in [6.45, 7) is 8.30. The lowest BCUT2D eigenvalue weighted by Crippen LogP contribution is -2.36. The molecule has 132 valence electrons. The number of aromatic nitrogens is 4. The Hall–Kier alpha value is -2.02. The standard InChI is InChI=1S/C17H27N5O2/c1-5-13(6-2)15(23)9-18-16(24)8-7-14-11(3)21-17-19-10-20-22(17)12(14)4/h10,13,15,23H,5-9H2,1-4H3,(H,18,24). The van der Waals surface area contributed by atoms with E-state index in [9.17, 15) is 9.90 Å². The summed E-state index contributed by atoms with van der Waals surface area (Å²) in [5, 5.41) is 17.1. The second kappa shape index (κ2) is 8.19. The van der Waals surface area contributed by atoms with Crippen molar-refractivity contribution in [3.63, 3.8) is 0 Å². The quantitative estimate of drug-likeness (QED) is 0.765. The van der Waals surface area contributed by atoms with E-state index in [0.717, 1.165) is 29.8 Å². The minimum absolute atomic E-state index is 0.0579. The first kappa shape index (κ1) is 18.3. The molecule has 0 saturated carbocycles. The predicted octanol–water partition coefficient (Wildman–Crippen LogP) is 1.59. The number of carbonyl (C=O) groups is 1. The van der Waals surface area contributed by atoms with Gasteiger partial charge in [0.15, 0.2) is 0 Å². The third kappa shape index (κ3) is 4.08. The topological polar surface area (TPSA) is 92.4 Å². The van der Waals surface area contributed by atoms with E-state index in [0.29, 0.717) is 25.2 Å². The van der Waals surface area contributed by atoms with E-state index in [1.807, 2.05) is 13.8 Å². The molecule has 2 aromatic rings. The van der Waals surface area contributed by atoms with Crippen molar-refractivity contribution < 1.29 is 9.90 Å². The summed E-state index contributed by atoms with van der Waals surface area (Å²) in [7, 11) is 0. The molecule has 2 rings (SSSR count). The molecule has 0 bridgehead atoms. The number of carbonyl (C=O) groups excluding carboxylic acids is 1. The van der Waals surface area contributed by atoms with Gasteiger partial charge in [-0.15, -0.1) is 0 Å². The lowest BCUT2D eigenvalue weighted by Gasteiger charge is -2.20. The number of hydrogen-bond acceptors (Lipinski definition) is 5. The van der Waals surface area contributed by atoms with Crippen molar-refractivity contribution in [2.45, 2.75) is 59.5 Å². The van der Waals surface area contributed by atoms with Crippen LogP contribution in [0.1, 0.15) is 50.1 Å². The second-order valence-corrected chi connectivity index (χ2v) is 6.18. The maximum absolute atomic E-state index is 12.1. The first-order valence-corrected chi connectivity index (χ1v) is 8.58. The van der Waals surface area contributed by atoms with E-state index in [-0.39, 0.29) is 11.8 Å².